The second kappa shape index (κ2) is 6.79. The van der Waals surface area contributed by atoms with Crippen LogP contribution in [0.5, 0.6) is 17.2 Å². The van der Waals surface area contributed by atoms with E-state index in [0.29, 0.717) is 30.5 Å². The summed E-state index contributed by atoms with van der Waals surface area (Å²) in [6.45, 7) is 1.19. The Labute approximate surface area is 129 Å². The molecule has 0 atom stereocenters. The molecular weight excluding hydrogens is 284 g/mol. The maximum absolute atomic E-state index is 9.07. The Morgan fingerprint density at radius 1 is 1.05 bits per heavy atom. The summed E-state index contributed by atoms with van der Waals surface area (Å²) in [5, 5.41) is 9.07. The van der Waals surface area contributed by atoms with Crippen molar-refractivity contribution >= 4 is 0 Å². The van der Waals surface area contributed by atoms with Gasteiger partial charge < -0.3 is 24.1 Å². The van der Waals surface area contributed by atoms with E-state index < -0.39 is 0 Å². The van der Waals surface area contributed by atoms with E-state index in [1.807, 2.05) is 30.3 Å². The zero-order chi connectivity index (χ0) is 15.4. The van der Waals surface area contributed by atoms with E-state index in [1.54, 1.807) is 19.2 Å². The number of hydrogen-bond acceptors (Lipinski definition) is 5. The fraction of sp³-hybridized carbons (Fsp3) is 0.294. The largest absolute Gasteiger partial charge is 0.493 e. The van der Waals surface area contributed by atoms with E-state index >= 15 is 0 Å². The third-order valence-corrected chi connectivity index (χ3v) is 3.42. The van der Waals surface area contributed by atoms with Crippen LogP contribution in [0.2, 0.25) is 0 Å². The van der Waals surface area contributed by atoms with Gasteiger partial charge in [-0.1, -0.05) is 18.2 Å². The molecule has 1 aliphatic heterocycles. The summed E-state index contributed by atoms with van der Waals surface area (Å²) < 4.78 is 22.2. The molecule has 1 aliphatic rings. The number of aliphatic hydroxyl groups is 1. The van der Waals surface area contributed by atoms with Crippen LogP contribution in [-0.4, -0.2) is 25.4 Å². The molecule has 0 aliphatic carbocycles. The fourth-order valence-electron chi connectivity index (χ4n) is 2.26. The van der Waals surface area contributed by atoms with Crippen LogP contribution in [0.15, 0.2) is 42.5 Å². The number of hydrogen-bond donors (Lipinski definition) is 1. The van der Waals surface area contributed by atoms with Gasteiger partial charge in [0.15, 0.2) is 17.8 Å². The fourth-order valence-corrected chi connectivity index (χ4v) is 2.26. The normalized spacial score (nSPS) is 15.0. The minimum atomic E-state index is -0.356. The lowest BCUT2D eigenvalue weighted by Gasteiger charge is -2.14. The first-order valence-corrected chi connectivity index (χ1v) is 7.09. The molecule has 0 amide bonds. The van der Waals surface area contributed by atoms with Gasteiger partial charge in [0.2, 0.25) is 0 Å². The monoisotopic (exact) mass is 302 g/mol. The number of ether oxygens (including phenoxy) is 4. The molecule has 1 heterocycles. The van der Waals surface area contributed by atoms with Crippen LogP contribution in [0.25, 0.3) is 0 Å². The maximum atomic E-state index is 9.07. The molecule has 0 spiro atoms. The first-order valence-electron chi connectivity index (χ1n) is 7.09. The number of aliphatic hydroxyl groups excluding tert-OH is 1. The van der Waals surface area contributed by atoms with Crippen LogP contribution >= 0.6 is 0 Å². The molecule has 5 nitrogen and oxygen atoms in total. The van der Waals surface area contributed by atoms with Crippen molar-refractivity contribution in [3.63, 3.8) is 0 Å². The summed E-state index contributed by atoms with van der Waals surface area (Å²) in [4.78, 5) is 0. The van der Waals surface area contributed by atoms with E-state index in [0.717, 1.165) is 11.1 Å². The van der Waals surface area contributed by atoms with Gasteiger partial charge in [0.25, 0.3) is 0 Å². The lowest BCUT2D eigenvalue weighted by Crippen LogP contribution is -1.99. The van der Waals surface area contributed by atoms with E-state index in [-0.39, 0.29) is 12.9 Å². The smallest absolute Gasteiger partial charge is 0.184 e. The van der Waals surface area contributed by atoms with Gasteiger partial charge in [-0.2, -0.15) is 0 Å². The highest BCUT2D eigenvalue weighted by molar-refractivity contribution is 5.46. The van der Waals surface area contributed by atoms with Gasteiger partial charge in [-0.3, -0.25) is 0 Å². The summed E-state index contributed by atoms with van der Waals surface area (Å²) in [6, 6.07) is 12.8. The van der Waals surface area contributed by atoms with Gasteiger partial charge in [-0.25, -0.2) is 0 Å². The average molecular weight is 302 g/mol. The highest BCUT2D eigenvalue weighted by Gasteiger charge is 2.20. The molecule has 1 N–H and O–H groups in total. The molecule has 22 heavy (non-hydrogen) atoms. The predicted molar refractivity (Wildman–Crippen MR) is 80.1 cm³/mol. The SMILES string of the molecule is COc1ccc(C2OCCO2)cc1Oc1ccc(CO)cc1. The Kier molecular flexibility index (Phi) is 4.58. The van der Waals surface area contributed by atoms with Crippen LogP contribution in [0.1, 0.15) is 17.4 Å². The first-order chi connectivity index (χ1) is 10.8. The van der Waals surface area contributed by atoms with Crippen LogP contribution in [0, 0.1) is 0 Å². The average Bonchev–Trinajstić information content (AvgIpc) is 3.10. The summed E-state index contributed by atoms with van der Waals surface area (Å²) in [5.74, 6) is 1.89. The van der Waals surface area contributed by atoms with Crippen molar-refractivity contribution in [3.05, 3.63) is 53.6 Å². The quantitative estimate of drug-likeness (QED) is 0.920. The number of rotatable bonds is 5. The van der Waals surface area contributed by atoms with E-state index in [9.17, 15) is 0 Å². The third kappa shape index (κ3) is 3.22. The lowest BCUT2D eigenvalue weighted by atomic mass is 10.2. The van der Waals surface area contributed by atoms with Crippen molar-refractivity contribution in [2.45, 2.75) is 12.9 Å². The Balaban J connectivity index is 1.84. The molecule has 0 aromatic heterocycles. The second-order valence-corrected chi connectivity index (χ2v) is 4.89. The number of methoxy groups -OCH3 is 1. The molecule has 5 heteroatoms. The summed E-state index contributed by atoms with van der Waals surface area (Å²) >= 11 is 0. The number of benzene rings is 2. The zero-order valence-corrected chi connectivity index (χ0v) is 12.3. The van der Waals surface area contributed by atoms with Crippen molar-refractivity contribution in [1.82, 2.24) is 0 Å². The Morgan fingerprint density at radius 3 is 2.41 bits per heavy atom. The Hall–Kier alpha value is -2.08. The molecule has 3 rings (SSSR count). The minimum absolute atomic E-state index is 0.00937. The van der Waals surface area contributed by atoms with Crippen molar-refractivity contribution in [2.24, 2.45) is 0 Å². The molecular formula is C17H18O5. The Bertz CT molecular complexity index is 617. The molecule has 116 valence electrons. The maximum Gasteiger partial charge on any atom is 0.184 e. The molecule has 2 aromatic rings. The Morgan fingerprint density at radius 2 is 1.77 bits per heavy atom. The van der Waals surface area contributed by atoms with Crippen LogP contribution in [0.3, 0.4) is 0 Å². The van der Waals surface area contributed by atoms with Gasteiger partial charge in [0, 0.05) is 5.56 Å². The molecule has 2 aromatic carbocycles. The van der Waals surface area contributed by atoms with E-state index in [4.69, 9.17) is 24.1 Å². The van der Waals surface area contributed by atoms with Crippen molar-refractivity contribution in [2.75, 3.05) is 20.3 Å². The summed E-state index contributed by atoms with van der Waals surface area (Å²) in [7, 11) is 1.60. The van der Waals surface area contributed by atoms with Crippen molar-refractivity contribution < 1.29 is 24.1 Å². The molecule has 0 radical (unpaired) electrons. The van der Waals surface area contributed by atoms with E-state index in [1.165, 1.54) is 0 Å². The highest BCUT2D eigenvalue weighted by atomic mass is 16.7. The van der Waals surface area contributed by atoms with Gasteiger partial charge in [-0.15, -0.1) is 0 Å². The first kappa shape index (κ1) is 14.8. The molecule has 0 unspecified atom stereocenters. The minimum Gasteiger partial charge on any atom is -0.493 e. The molecule has 0 saturated carbocycles. The van der Waals surface area contributed by atoms with Gasteiger partial charge >= 0.3 is 0 Å². The molecule has 0 bridgehead atoms. The second-order valence-electron chi connectivity index (χ2n) is 4.89. The molecule has 1 saturated heterocycles. The van der Waals surface area contributed by atoms with Gasteiger partial charge in [-0.05, 0) is 29.8 Å². The van der Waals surface area contributed by atoms with Crippen molar-refractivity contribution in [1.29, 1.82) is 0 Å². The zero-order valence-electron chi connectivity index (χ0n) is 12.3. The highest BCUT2D eigenvalue weighted by Crippen LogP contribution is 2.35. The van der Waals surface area contributed by atoms with E-state index in [2.05, 4.69) is 0 Å². The van der Waals surface area contributed by atoms with Crippen LogP contribution in [0.4, 0.5) is 0 Å². The summed E-state index contributed by atoms with van der Waals surface area (Å²) in [6.07, 6.45) is -0.356. The topological polar surface area (TPSA) is 57.2 Å². The van der Waals surface area contributed by atoms with Gasteiger partial charge in [0.1, 0.15) is 5.75 Å². The molecule has 1 fully saturated rings. The van der Waals surface area contributed by atoms with Gasteiger partial charge in [0.05, 0.1) is 26.9 Å². The standard InChI is InChI=1S/C17H18O5/c1-19-15-7-4-13(17-20-8-9-21-17)10-16(15)22-14-5-2-12(11-18)3-6-14/h2-7,10,17-18H,8-9,11H2,1H3. The lowest BCUT2D eigenvalue weighted by molar-refractivity contribution is -0.0442. The van der Waals surface area contributed by atoms with Crippen LogP contribution in [-0.2, 0) is 16.1 Å². The summed E-state index contributed by atoms with van der Waals surface area (Å²) in [5.41, 5.74) is 1.72. The third-order valence-electron chi connectivity index (χ3n) is 3.42. The van der Waals surface area contributed by atoms with Crippen LogP contribution < -0.4 is 9.47 Å². The van der Waals surface area contributed by atoms with Crippen molar-refractivity contribution in [3.8, 4) is 17.2 Å². The predicted octanol–water partition coefficient (Wildman–Crippen LogP) is 3.03.